The molecule has 0 radical (unpaired) electrons. The van der Waals surface area contributed by atoms with Crippen molar-refractivity contribution >= 4 is 45.7 Å². The summed E-state index contributed by atoms with van der Waals surface area (Å²) in [5.74, 6) is 0.845. The number of fused-ring (bicyclic) bond motifs is 1. The lowest BCUT2D eigenvalue weighted by Gasteiger charge is -2.26. The minimum atomic E-state index is -0.216. The van der Waals surface area contributed by atoms with Crippen LogP contribution in [0.4, 0.5) is 5.69 Å². The zero-order valence-corrected chi connectivity index (χ0v) is 19.2. The molecular formula is C25H24N2O3S2. The number of anilines is 1. The highest BCUT2D eigenvalue weighted by atomic mass is 32.2. The van der Waals surface area contributed by atoms with Gasteiger partial charge in [-0.3, -0.25) is 9.69 Å². The molecule has 2 aromatic heterocycles. The molecule has 0 atom stereocenters. The number of thiophene rings is 1. The number of hydrogen-bond acceptors (Lipinski definition) is 6. The lowest BCUT2D eigenvalue weighted by Crippen LogP contribution is -2.35. The van der Waals surface area contributed by atoms with Gasteiger partial charge in [0.25, 0.3) is 5.91 Å². The van der Waals surface area contributed by atoms with Crippen molar-refractivity contribution in [1.29, 1.82) is 0 Å². The van der Waals surface area contributed by atoms with E-state index < -0.39 is 0 Å². The van der Waals surface area contributed by atoms with E-state index in [1.54, 1.807) is 23.1 Å². The first kappa shape index (κ1) is 21.3. The molecule has 164 valence electrons. The van der Waals surface area contributed by atoms with Crippen molar-refractivity contribution in [1.82, 2.24) is 4.90 Å². The van der Waals surface area contributed by atoms with Gasteiger partial charge in [-0.1, -0.05) is 36.4 Å². The average Bonchev–Trinajstić information content (AvgIpc) is 3.46. The second kappa shape index (κ2) is 9.92. The third kappa shape index (κ3) is 4.91. The summed E-state index contributed by atoms with van der Waals surface area (Å²) in [5.41, 5.74) is 3.61. The van der Waals surface area contributed by atoms with Crippen molar-refractivity contribution in [2.75, 3.05) is 31.6 Å². The smallest absolute Gasteiger partial charge is 0.291 e. The standard InChI is InChI=1S/C25H24N2O3S2/c28-25(26-19-6-3-5-18(15-19)16-27-10-12-29-13-11-27)24-21(17-32-23-9-4-14-31-23)20-7-1-2-8-22(20)30-24/h1-9,14-15H,10-13,16-17H2,(H,26,28). The molecule has 5 nitrogen and oxygen atoms in total. The van der Waals surface area contributed by atoms with E-state index in [4.69, 9.17) is 9.15 Å². The van der Waals surface area contributed by atoms with Crippen LogP contribution in [0.1, 0.15) is 21.7 Å². The third-order valence-corrected chi connectivity index (χ3v) is 7.61. The first-order chi connectivity index (χ1) is 15.8. The average molecular weight is 465 g/mol. The predicted molar refractivity (Wildman–Crippen MR) is 131 cm³/mol. The van der Waals surface area contributed by atoms with Crippen LogP contribution in [-0.2, 0) is 17.0 Å². The van der Waals surface area contributed by atoms with Crippen LogP contribution in [0, 0.1) is 0 Å². The van der Waals surface area contributed by atoms with E-state index in [-0.39, 0.29) is 5.91 Å². The molecule has 0 bridgehead atoms. The number of carbonyl (C=O) groups is 1. The summed E-state index contributed by atoms with van der Waals surface area (Å²) in [4.78, 5) is 15.6. The molecule has 1 amide bonds. The van der Waals surface area contributed by atoms with Crippen molar-refractivity contribution in [3.63, 3.8) is 0 Å². The summed E-state index contributed by atoms with van der Waals surface area (Å²) in [6.07, 6.45) is 0. The van der Waals surface area contributed by atoms with E-state index in [0.29, 0.717) is 11.5 Å². The summed E-state index contributed by atoms with van der Waals surface area (Å²) in [6.45, 7) is 4.26. The Kier molecular flexibility index (Phi) is 6.59. The van der Waals surface area contributed by atoms with Crippen LogP contribution >= 0.6 is 23.1 Å². The number of amides is 1. The highest BCUT2D eigenvalue weighted by Gasteiger charge is 2.21. The Morgan fingerprint density at radius 3 is 2.78 bits per heavy atom. The highest BCUT2D eigenvalue weighted by molar-refractivity contribution is 8.00. The molecule has 4 aromatic rings. The number of nitrogens with one attached hydrogen (secondary N) is 1. The van der Waals surface area contributed by atoms with Gasteiger partial charge in [0.1, 0.15) is 5.58 Å². The second-order valence-electron chi connectivity index (χ2n) is 7.67. The zero-order valence-electron chi connectivity index (χ0n) is 17.6. The molecule has 0 aliphatic carbocycles. The van der Waals surface area contributed by atoms with Gasteiger partial charge >= 0.3 is 0 Å². The predicted octanol–water partition coefficient (Wildman–Crippen LogP) is 5.87. The largest absolute Gasteiger partial charge is 0.451 e. The molecule has 7 heteroatoms. The Balaban J connectivity index is 1.35. The van der Waals surface area contributed by atoms with Crippen LogP contribution in [0.25, 0.3) is 11.0 Å². The van der Waals surface area contributed by atoms with Crippen LogP contribution in [0.3, 0.4) is 0 Å². The molecule has 1 aliphatic rings. The maximum absolute atomic E-state index is 13.2. The van der Waals surface area contributed by atoms with E-state index in [9.17, 15) is 4.79 Å². The van der Waals surface area contributed by atoms with Crippen LogP contribution in [0.2, 0.25) is 0 Å². The Morgan fingerprint density at radius 2 is 1.94 bits per heavy atom. The van der Waals surface area contributed by atoms with Gasteiger partial charge in [-0.05, 0) is 35.2 Å². The normalized spacial score (nSPS) is 14.6. The summed E-state index contributed by atoms with van der Waals surface area (Å²) in [7, 11) is 0. The number of benzene rings is 2. The number of morpholine rings is 1. The summed E-state index contributed by atoms with van der Waals surface area (Å²) < 4.78 is 12.7. The van der Waals surface area contributed by atoms with Crippen LogP contribution in [-0.4, -0.2) is 37.1 Å². The van der Waals surface area contributed by atoms with Gasteiger partial charge in [-0.15, -0.1) is 23.1 Å². The van der Waals surface area contributed by atoms with Crippen molar-refractivity contribution in [2.45, 2.75) is 16.5 Å². The molecule has 1 aliphatic heterocycles. The lowest BCUT2D eigenvalue weighted by atomic mass is 10.1. The third-order valence-electron chi connectivity index (χ3n) is 5.45. The monoisotopic (exact) mass is 464 g/mol. The fourth-order valence-corrected chi connectivity index (χ4v) is 5.68. The molecule has 0 spiro atoms. The molecule has 1 saturated heterocycles. The van der Waals surface area contributed by atoms with E-state index >= 15 is 0 Å². The number of hydrogen-bond donors (Lipinski definition) is 1. The van der Waals surface area contributed by atoms with Crippen molar-refractivity contribution in [2.24, 2.45) is 0 Å². The molecule has 1 N–H and O–H groups in total. The maximum Gasteiger partial charge on any atom is 0.291 e. The van der Waals surface area contributed by atoms with Gasteiger partial charge in [0, 0.05) is 42.0 Å². The summed E-state index contributed by atoms with van der Waals surface area (Å²) in [5, 5.41) is 6.10. The van der Waals surface area contributed by atoms with Gasteiger partial charge in [-0.25, -0.2) is 0 Å². The number of para-hydroxylation sites is 1. The van der Waals surface area contributed by atoms with Gasteiger partial charge in [0.15, 0.2) is 5.76 Å². The zero-order chi connectivity index (χ0) is 21.8. The Morgan fingerprint density at radius 1 is 1.06 bits per heavy atom. The molecule has 1 fully saturated rings. The molecule has 3 heterocycles. The van der Waals surface area contributed by atoms with E-state index in [1.807, 2.05) is 48.5 Å². The summed E-state index contributed by atoms with van der Waals surface area (Å²) in [6, 6.07) is 20.0. The van der Waals surface area contributed by atoms with E-state index in [2.05, 4.69) is 27.7 Å². The lowest BCUT2D eigenvalue weighted by molar-refractivity contribution is 0.0342. The van der Waals surface area contributed by atoms with Gasteiger partial charge in [0.05, 0.1) is 17.4 Å². The van der Waals surface area contributed by atoms with E-state index in [1.165, 1.54) is 9.77 Å². The summed E-state index contributed by atoms with van der Waals surface area (Å²) >= 11 is 3.42. The fourth-order valence-electron chi connectivity index (χ4n) is 3.87. The van der Waals surface area contributed by atoms with Gasteiger partial charge < -0.3 is 14.5 Å². The first-order valence-electron chi connectivity index (χ1n) is 10.6. The number of nitrogens with zero attached hydrogens (tertiary/aromatic N) is 1. The van der Waals surface area contributed by atoms with Crippen LogP contribution in [0.15, 0.2) is 74.7 Å². The van der Waals surface area contributed by atoms with E-state index in [0.717, 1.165) is 55.1 Å². The molecule has 5 rings (SSSR count). The first-order valence-corrected chi connectivity index (χ1v) is 12.5. The van der Waals surface area contributed by atoms with Crippen LogP contribution in [0.5, 0.6) is 0 Å². The Labute approximate surface area is 195 Å². The number of ether oxygens (including phenoxy) is 1. The number of thioether (sulfide) groups is 1. The minimum absolute atomic E-state index is 0.216. The quantitative estimate of drug-likeness (QED) is 0.347. The molecular weight excluding hydrogens is 440 g/mol. The molecule has 0 saturated carbocycles. The number of furan rings is 1. The van der Waals surface area contributed by atoms with Crippen LogP contribution < -0.4 is 5.32 Å². The number of carbonyl (C=O) groups excluding carboxylic acids is 1. The van der Waals surface area contributed by atoms with Crippen molar-refractivity contribution in [3.8, 4) is 0 Å². The number of rotatable bonds is 7. The topological polar surface area (TPSA) is 54.7 Å². The highest BCUT2D eigenvalue weighted by Crippen LogP contribution is 2.34. The van der Waals surface area contributed by atoms with Crippen molar-refractivity contribution in [3.05, 3.63) is 82.9 Å². The minimum Gasteiger partial charge on any atom is -0.451 e. The second-order valence-corrected chi connectivity index (χ2v) is 9.89. The maximum atomic E-state index is 13.2. The Bertz CT molecular complexity index is 1200. The SMILES string of the molecule is O=C(Nc1cccc(CN2CCOCC2)c1)c1oc2ccccc2c1CSc1cccs1. The van der Waals surface area contributed by atoms with Gasteiger partial charge in [-0.2, -0.15) is 0 Å². The molecule has 0 unspecified atom stereocenters. The molecule has 2 aromatic carbocycles. The Hall–Kier alpha value is -2.58. The van der Waals surface area contributed by atoms with Gasteiger partial charge in [0.2, 0.25) is 0 Å². The molecule has 32 heavy (non-hydrogen) atoms. The van der Waals surface area contributed by atoms with Crippen molar-refractivity contribution < 1.29 is 13.9 Å². The fraction of sp³-hybridized carbons (Fsp3) is 0.240.